The molecule has 0 saturated heterocycles. The number of alkyl halides is 1. The van der Waals surface area contributed by atoms with Gasteiger partial charge in [-0.25, -0.2) is 0 Å². The average molecular weight is 234 g/mol. The van der Waals surface area contributed by atoms with E-state index in [1.165, 1.54) is 5.56 Å². The van der Waals surface area contributed by atoms with Gasteiger partial charge in [-0.3, -0.25) is 0 Å². The number of rotatable bonds is 4. The summed E-state index contributed by atoms with van der Waals surface area (Å²) in [6, 6.07) is 2.18. The van der Waals surface area contributed by atoms with E-state index in [1.54, 1.807) is 11.3 Å². The maximum absolute atomic E-state index is 3.42. The summed E-state index contributed by atoms with van der Waals surface area (Å²) in [4.78, 5) is 2.30. The molecule has 1 aromatic heterocycles. The number of hydrogen-bond acceptors (Lipinski definition) is 2. The Bertz CT molecular complexity index is 186. The second kappa shape index (κ2) is 4.91. The third-order valence-corrected chi connectivity index (χ3v) is 2.59. The molecule has 0 N–H and O–H groups in total. The third-order valence-electron chi connectivity index (χ3n) is 1.50. The van der Waals surface area contributed by atoms with E-state index in [0.29, 0.717) is 0 Å². The highest BCUT2D eigenvalue weighted by atomic mass is 79.9. The Morgan fingerprint density at radius 3 is 3.00 bits per heavy atom. The summed E-state index contributed by atoms with van der Waals surface area (Å²) < 4.78 is 0. The highest BCUT2D eigenvalue weighted by Gasteiger charge is 1.98. The minimum absolute atomic E-state index is 1.05. The molecular weight excluding hydrogens is 222 g/mol. The zero-order valence-corrected chi connectivity index (χ0v) is 8.99. The van der Waals surface area contributed by atoms with E-state index in [2.05, 4.69) is 44.7 Å². The summed E-state index contributed by atoms with van der Waals surface area (Å²) in [5, 5.41) is 5.37. The van der Waals surface area contributed by atoms with Crippen LogP contribution in [0.2, 0.25) is 0 Å². The van der Waals surface area contributed by atoms with Crippen molar-refractivity contribution in [3.63, 3.8) is 0 Å². The van der Waals surface area contributed by atoms with Crippen LogP contribution in [-0.2, 0) is 6.54 Å². The van der Waals surface area contributed by atoms with Crippen molar-refractivity contribution in [1.82, 2.24) is 4.90 Å². The van der Waals surface area contributed by atoms with E-state index >= 15 is 0 Å². The van der Waals surface area contributed by atoms with Gasteiger partial charge in [-0.15, -0.1) is 0 Å². The van der Waals surface area contributed by atoms with Gasteiger partial charge in [0.25, 0.3) is 0 Å². The molecule has 0 atom stereocenters. The van der Waals surface area contributed by atoms with E-state index in [0.717, 1.165) is 18.4 Å². The molecule has 11 heavy (non-hydrogen) atoms. The van der Waals surface area contributed by atoms with Crippen molar-refractivity contribution in [2.45, 2.75) is 6.54 Å². The van der Waals surface area contributed by atoms with Crippen LogP contribution >= 0.6 is 27.3 Å². The van der Waals surface area contributed by atoms with Gasteiger partial charge in [-0.1, -0.05) is 15.9 Å². The Morgan fingerprint density at radius 1 is 1.64 bits per heavy atom. The first-order valence-electron chi connectivity index (χ1n) is 3.58. The maximum atomic E-state index is 3.42. The van der Waals surface area contributed by atoms with Gasteiger partial charge in [-0.05, 0) is 29.4 Å². The van der Waals surface area contributed by atoms with Crippen molar-refractivity contribution in [2.75, 3.05) is 18.9 Å². The monoisotopic (exact) mass is 233 g/mol. The van der Waals surface area contributed by atoms with E-state index < -0.39 is 0 Å². The van der Waals surface area contributed by atoms with Crippen LogP contribution < -0.4 is 0 Å². The molecule has 0 unspecified atom stereocenters. The normalized spacial score (nSPS) is 10.8. The van der Waals surface area contributed by atoms with Crippen LogP contribution in [0.3, 0.4) is 0 Å². The zero-order valence-electron chi connectivity index (χ0n) is 6.59. The molecule has 0 spiro atoms. The van der Waals surface area contributed by atoms with Crippen LogP contribution in [0.15, 0.2) is 16.8 Å². The quantitative estimate of drug-likeness (QED) is 0.724. The Hall–Kier alpha value is 0.140. The fourth-order valence-corrected chi connectivity index (χ4v) is 2.18. The molecule has 0 aliphatic rings. The van der Waals surface area contributed by atoms with Crippen LogP contribution in [-0.4, -0.2) is 23.8 Å². The minimum Gasteiger partial charge on any atom is -0.301 e. The average Bonchev–Trinajstić information content (AvgIpc) is 2.40. The molecule has 0 fully saturated rings. The standard InChI is InChI=1S/C8H12BrNS/c1-10(4-3-9)6-8-2-5-11-7-8/h2,5,7H,3-4,6H2,1H3. The topological polar surface area (TPSA) is 3.24 Å². The molecular formula is C8H12BrNS. The van der Waals surface area contributed by atoms with E-state index in [1.807, 2.05) is 0 Å². The summed E-state index contributed by atoms with van der Waals surface area (Å²) >= 11 is 5.18. The highest BCUT2D eigenvalue weighted by molar-refractivity contribution is 9.09. The smallest absolute Gasteiger partial charge is 0.0239 e. The molecule has 1 aromatic rings. The molecule has 0 saturated carbocycles. The number of nitrogens with zero attached hydrogens (tertiary/aromatic N) is 1. The van der Waals surface area contributed by atoms with Crippen LogP contribution in [0.1, 0.15) is 5.56 Å². The zero-order chi connectivity index (χ0) is 8.10. The molecule has 62 valence electrons. The van der Waals surface area contributed by atoms with Gasteiger partial charge < -0.3 is 4.90 Å². The molecule has 0 amide bonds. The second-order valence-corrected chi connectivity index (χ2v) is 4.13. The fourth-order valence-electron chi connectivity index (χ4n) is 0.918. The van der Waals surface area contributed by atoms with Crippen LogP contribution in [0.5, 0.6) is 0 Å². The molecule has 3 heteroatoms. The Morgan fingerprint density at radius 2 is 2.45 bits per heavy atom. The first-order valence-corrected chi connectivity index (χ1v) is 5.65. The van der Waals surface area contributed by atoms with Gasteiger partial charge in [0.2, 0.25) is 0 Å². The molecule has 0 aliphatic heterocycles. The van der Waals surface area contributed by atoms with Gasteiger partial charge in [0, 0.05) is 18.4 Å². The third kappa shape index (κ3) is 3.36. The van der Waals surface area contributed by atoms with Crippen molar-refractivity contribution >= 4 is 27.3 Å². The van der Waals surface area contributed by atoms with Gasteiger partial charge >= 0.3 is 0 Å². The molecule has 0 radical (unpaired) electrons. The number of halogens is 1. The first-order chi connectivity index (χ1) is 5.33. The van der Waals surface area contributed by atoms with Gasteiger partial charge in [0.15, 0.2) is 0 Å². The summed E-state index contributed by atoms with van der Waals surface area (Å²) in [7, 11) is 2.14. The van der Waals surface area contributed by atoms with Crippen molar-refractivity contribution in [3.05, 3.63) is 22.4 Å². The second-order valence-electron chi connectivity index (χ2n) is 2.56. The Balaban J connectivity index is 2.31. The molecule has 0 aromatic carbocycles. The van der Waals surface area contributed by atoms with Crippen molar-refractivity contribution in [3.8, 4) is 0 Å². The molecule has 1 rings (SSSR count). The molecule has 0 bridgehead atoms. The number of hydrogen-bond donors (Lipinski definition) is 0. The van der Waals surface area contributed by atoms with Gasteiger partial charge in [0.05, 0.1) is 0 Å². The molecule has 0 aliphatic carbocycles. The minimum atomic E-state index is 1.05. The van der Waals surface area contributed by atoms with Crippen LogP contribution in [0, 0.1) is 0 Å². The van der Waals surface area contributed by atoms with E-state index in [-0.39, 0.29) is 0 Å². The lowest BCUT2D eigenvalue weighted by Gasteiger charge is -2.13. The molecule has 1 heterocycles. The van der Waals surface area contributed by atoms with Gasteiger partial charge in [0.1, 0.15) is 0 Å². The summed E-state index contributed by atoms with van der Waals surface area (Å²) in [6.07, 6.45) is 0. The lowest BCUT2D eigenvalue weighted by molar-refractivity contribution is 0.350. The summed E-state index contributed by atoms with van der Waals surface area (Å²) in [5.74, 6) is 0. The van der Waals surface area contributed by atoms with E-state index in [4.69, 9.17) is 0 Å². The lowest BCUT2D eigenvalue weighted by atomic mass is 10.3. The SMILES string of the molecule is CN(CCBr)Cc1ccsc1. The van der Waals surface area contributed by atoms with Crippen molar-refractivity contribution in [2.24, 2.45) is 0 Å². The summed E-state index contributed by atoms with van der Waals surface area (Å²) in [6.45, 7) is 2.17. The Kier molecular flexibility index (Phi) is 4.12. The summed E-state index contributed by atoms with van der Waals surface area (Å²) in [5.41, 5.74) is 1.42. The lowest BCUT2D eigenvalue weighted by Crippen LogP contribution is -2.19. The molecule has 1 nitrogen and oxygen atoms in total. The predicted molar refractivity (Wildman–Crippen MR) is 54.4 cm³/mol. The van der Waals surface area contributed by atoms with Gasteiger partial charge in [-0.2, -0.15) is 11.3 Å². The van der Waals surface area contributed by atoms with E-state index in [9.17, 15) is 0 Å². The van der Waals surface area contributed by atoms with Crippen molar-refractivity contribution < 1.29 is 0 Å². The van der Waals surface area contributed by atoms with Crippen LogP contribution in [0.25, 0.3) is 0 Å². The first kappa shape index (κ1) is 9.23. The highest BCUT2D eigenvalue weighted by Crippen LogP contribution is 2.07. The van der Waals surface area contributed by atoms with Crippen LogP contribution in [0.4, 0.5) is 0 Å². The fraction of sp³-hybridized carbons (Fsp3) is 0.500. The largest absolute Gasteiger partial charge is 0.301 e. The maximum Gasteiger partial charge on any atom is 0.0239 e. The number of thiophene rings is 1. The predicted octanol–water partition coefficient (Wildman–Crippen LogP) is 2.57. The Labute approximate surface area is 80.2 Å². The van der Waals surface area contributed by atoms with Crippen molar-refractivity contribution in [1.29, 1.82) is 0 Å².